The van der Waals surface area contributed by atoms with Crippen molar-refractivity contribution < 1.29 is 0 Å². The van der Waals surface area contributed by atoms with Gasteiger partial charge >= 0.3 is 0 Å². The predicted octanol–water partition coefficient (Wildman–Crippen LogP) is 2.32. The zero-order chi connectivity index (χ0) is 9.23. The van der Waals surface area contributed by atoms with Crippen LogP contribution in [0.15, 0.2) is 0 Å². The van der Waals surface area contributed by atoms with E-state index in [1.165, 1.54) is 12.8 Å². The van der Waals surface area contributed by atoms with E-state index in [0.29, 0.717) is 6.42 Å². The molecule has 0 saturated carbocycles. The standard InChI is InChI=1S/C10H20N2/c1-3-10(4-2)9-12-8-6-5-7-11/h10,12H,3-6,8-9H2,1-2H3. The second-order valence-corrected chi connectivity index (χ2v) is 3.15. The molecule has 0 fully saturated rings. The van der Waals surface area contributed by atoms with Crippen molar-refractivity contribution in [2.75, 3.05) is 13.1 Å². The Labute approximate surface area is 76.0 Å². The van der Waals surface area contributed by atoms with Crippen LogP contribution in [0.1, 0.15) is 39.5 Å². The molecule has 0 rings (SSSR count). The SMILES string of the molecule is CCC(CC)CNCCCC#N. The molecule has 0 aliphatic carbocycles. The molecule has 0 saturated heterocycles. The molecule has 0 aliphatic heterocycles. The molecule has 2 nitrogen and oxygen atoms in total. The third kappa shape index (κ3) is 6.18. The molecule has 0 amide bonds. The maximum atomic E-state index is 8.29. The number of nitriles is 1. The summed E-state index contributed by atoms with van der Waals surface area (Å²) in [7, 11) is 0. The van der Waals surface area contributed by atoms with Crippen molar-refractivity contribution in [3.05, 3.63) is 0 Å². The number of nitrogens with zero attached hydrogens (tertiary/aromatic N) is 1. The van der Waals surface area contributed by atoms with Crippen molar-refractivity contribution in [1.29, 1.82) is 5.26 Å². The first-order valence-electron chi connectivity index (χ1n) is 4.92. The van der Waals surface area contributed by atoms with Crippen LogP contribution in [0.25, 0.3) is 0 Å². The smallest absolute Gasteiger partial charge is 0.0622 e. The van der Waals surface area contributed by atoms with Gasteiger partial charge in [0.25, 0.3) is 0 Å². The molecule has 1 N–H and O–H groups in total. The van der Waals surface area contributed by atoms with Crippen LogP contribution in [0.2, 0.25) is 0 Å². The lowest BCUT2D eigenvalue weighted by Crippen LogP contribution is -2.23. The Morgan fingerprint density at radius 3 is 2.50 bits per heavy atom. The summed E-state index contributed by atoms with van der Waals surface area (Å²) in [6, 6.07) is 2.14. The number of nitrogens with one attached hydrogen (secondary N) is 1. The van der Waals surface area contributed by atoms with Crippen LogP contribution in [-0.4, -0.2) is 13.1 Å². The summed E-state index contributed by atoms with van der Waals surface area (Å²) in [4.78, 5) is 0. The van der Waals surface area contributed by atoms with Crippen molar-refractivity contribution in [3.63, 3.8) is 0 Å². The minimum atomic E-state index is 0.677. The van der Waals surface area contributed by atoms with Gasteiger partial charge in [-0.05, 0) is 25.4 Å². The largest absolute Gasteiger partial charge is 0.316 e. The number of rotatable bonds is 7. The summed E-state index contributed by atoms with van der Waals surface area (Å²) in [5, 5.41) is 11.7. The lowest BCUT2D eigenvalue weighted by molar-refractivity contribution is 0.448. The van der Waals surface area contributed by atoms with Crippen molar-refractivity contribution in [1.82, 2.24) is 5.32 Å². The van der Waals surface area contributed by atoms with Gasteiger partial charge in [-0.3, -0.25) is 0 Å². The quantitative estimate of drug-likeness (QED) is 0.592. The molecule has 2 heteroatoms. The van der Waals surface area contributed by atoms with E-state index in [1.807, 2.05) is 0 Å². The molecule has 0 radical (unpaired) electrons. The average molecular weight is 168 g/mol. The molecule has 0 aromatic rings. The van der Waals surface area contributed by atoms with E-state index in [0.717, 1.165) is 25.4 Å². The number of hydrogen-bond acceptors (Lipinski definition) is 2. The summed E-state index contributed by atoms with van der Waals surface area (Å²) in [6.45, 7) is 6.55. The van der Waals surface area contributed by atoms with Crippen LogP contribution < -0.4 is 5.32 Å². The minimum absolute atomic E-state index is 0.677. The highest BCUT2D eigenvalue weighted by Gasteiger charge is 2.00. The topological polar surface area (TPSA) is 35.8 Å². The van der Waals surface area contributed by atoms with Gasteiger partial charge in [0, 0.05) is 6.42 Å². The third-order valence-electron chi connectivity index (χ3n) is 2.23. The van der Waals surface area contributed by atoms with Crippen molar-refractivity contribution >= 4 is 0 Å². The van der Waals surface area contributed by atoms with Gasteiger partial charge in [-0.15, -0.1) is 0 Å². The van der Waals surface area contributed by atoms with E-state index < -0.39 is 0 Å². The van der Waals surface area contributed by atoms with Crippen LogP contribution in [0.5, 0.6) is 0 Å². The fourth-order valence-electron chi connectivity index (χ4n) is 1.18. The second kappa shape index (κ2) is 8.55. The zero-order valence-electron chi connectivity index (χ0n) is 8.27. The summed E-state index contributed by atoms with van der Waals surface area (Å²) in [5.41, 5.74) is 0. The van der Waals surface area contributed by atoms with E-state index >= 15 is 0 Å². The fourth-order valence-corrected chi connectivity index (χ4v) is 1.18. The van der Waals surface area contributed by atoms with Gasteiger partial charge in [-0.2, -0.15) is 5.26 Å². The van der Waals surface area contributed by atoms with E-state index in [-0.39, 0.29) is 0 Å². The second-order valence-electron chi connectivity index (χ2n) is 3.15. The highest BCUT2D eigenvalue weighted by Crippen LogP contribution is 2.04. The Hall–Kier alpha value is -0.550. The highest BCUT2D eigenvalue weighted by atomic mass is 14.8. The highest BCUT2D eigenvalue weighted by molar-refractivity contribution is 4.69. The van der Waals surface area contributed by atoms with Gasteiger partial charge in [0.15, 0.2) is 0 Å². The zero-order valence-corrected chi connectivity index (χ0v) is 8.27. The molecule has 0 aromatic carbocycles. The van der Waals surface area contributed by atoms with E-state index in [4.69, 9.17) is 5.26 Å². The number of hydrogen-bond donors (Lipinski definition) is 1. The van der Waals surface area contributed by atoms with Gasteiger partial charge in [0.05, 0.1) is 6.07 Å². The first-order chi connectivity index (χ1) is 5.85. The lowest BCUT2D eigenvalue weighted by atomic mass is 10.0. The Bertz CT molecular complexity index is 122. The average Bonchev–Trinajstić information content (AvgIpc) is 2.11. The number of unbranched alkanes of at least 4 members (excludes halogenated alkanes) is 1. The minimum Gasteiger partial charge on any atom is -0.316 e. The molecule has 0 atom stereocenters. The van der Waals surface area contributed by atoms with Crippen molar-refractivity contribution in [2.45, 2.75) is 39.5 Å². The molecule has 0 bridgehead atoms. The summed E-state index contributed by atoms with van der Waals surface area (Å²) >= 11 is 0. The Morgan fingerprint density at radius 1 is 1.33 bits per heavy atom. The van der Waals surface area contributed by atoms with Gasteiger partial charge in [0.1, 0.15) is 0 Å². The van der Waals surface area contributed by atoms with Gasteiger partial charge < -0.3 is 5.32 Å². The van der Waals surface area contributed by atoms with Crippen molar-refractivity contribution in [2.24, 2.45) is 5.92 Å². The molecular formula is C10H20N2. The monoisotopic (exact) mass is 168 g/mol. The summed E-state index contributed by atoms with van der Waals surface area (Å²) < 4.78 is 0. The normalized spacial score (nSPS) is 10.2. The van der Waals surface area contributed by atoms with Crippen LogP contribution in [-0.2, 0) is 0 Å². The lowest BCUT2D eigenvalue weighted by Gasteiger charge is -2.12. The first-order valence-corrected chi connectivity index (χ1v) is 4.92. The fraction of sp³-hybridized carbons (Fsp3) is 0.900. The summed E-state index contributed by atoms with van der Waals surface area (Å²) in [5.74, 6) is 0.812. The van der Waals surface area contributed by atoms with Gasteiger partial charge in [0.2, 0.25) is 0 Å². The van der Waals surface area contributed by atoms with Crippen molar-refractivity contribution in [3.8, 4) is 6.07 Å². The molecule has 12 heavy (non-hydrogen) atoms. The van der Waals surface area contributed by atoms with E-state index in [2.05, 4.69) is 25.2 Å². The molecule has 0 aliphatic rings. The maximum absolute atomic E-state index is 8.29. The molecular weight excluding hydrogens is 148 g/mol. The van der Waals surface area contributed by atoms with Crippen LogP contribution in [0.3, 0.4) is 0 Å². The Kier molecular flexibility index (Phi) is 8.15. The Balaban J connectivity index is 3.13. The Morgan fingerprint density at radius 2 is 2.00 bits per heavy atom. The third-order valence-corrected chi connectivity index (χ3v) is 2.23. The molecule has 0 spiro atoms. The summed E-state index contributed by atoms with van der Waals surface area (Å²) in [6.07, 6.45) is 4.16. The molecule has 0 aromatic heterocycles. The molecule has 70 valence electrons. The van der Waals surface area contributed by atoms with Gasteiger partial charge in [-0.25, -0.2) is 0 Å². The van der Waals surface area contributed by atoms with Crippen LogP contribution in [0, 0.1) is 17.2 Å². The molecule has 0 unspecified atom stereocenters. The first kappa shape index (κ1) is 11.4. The molecule has 0 heterocycles. The predicted molar refractivity (Wildman–Crippen MR) is 51.8 cm³/mol. The maximum Gasteiger partial charge on any atom is 0.0622 e. The van der Waals surface area contributed by atoms with Gasteiger partial charge in [-0.1, -0.05) is 26.7 Å². The van der Waals surface area contributed by atoms with E-state index in [9.17, 15) is 0 Å². The van der Waals surface area contributed by atoms with Crippen LogP contribution >= 0.6 is 0 Å². The van der Waals surface area contributed by atoms with Crippen LogP contribution in [0.4, 0.5) is 0 Å². The van der Waals surface area contributed by atoms with E-state index in [1.54, 1.807) is 0 Å².